The van der Waals surface area contributed by atoms with Crippen LogP contribution in [0.25, 0.3) is 10.2 Å². The second-order valence-corrected chi connectivity index (χ2v) is 6.26. The number of rotatable bonds is 4. The standard InChI is InChI=1S/C16H12F2N6S/c1-8-6-13(24-23-8)21-15-14-12(4-5-25-14)20-16(22-15)19-11-3-2-9(17)7-10(11)18/h2-7H,1H3,(H3,19,20,21,22,23,24). The van der Waals surface area contributed by atoms with Gasteiger partial charge < -0.3 is 10.6 Å². The van der Waals surface area contributed by atoms with Crippen LogP contribution in [-0.4, -0.2) is 20.2 Å². The molecule has 0 saturated carbocycles. The Kier molecular flexibility index (Phi) is 3.77. The van der Waals surface area contributed by atoms with E-state index in [0.717, 1.165) is 16.5 Å². The molecule has 126 valence electrons. The van der Waals surface area contributed by atoms with Crippen LogP contribution in [0, 0.1) is 18.6 Å². The second kappa shape index (κ2) is 6.10. The minimum Gasteiger partial charge on any atom is -0.322 e. The van der Waals surface area contributed by atoms with Crippen molar-refractivity contribution in [2.75, 3.05) is 10.6 Å². The number of hydrogen-bond donors (Lipinski definition) is 3. The normalized spacial score (nSPS) is 11.0. The lowest BCUT2D eigenvalue weighted by atomic mass is 10.3. The Balaban J connectivity index is 1.72. The number of benzene rings is 1. The monoisotopic (exact) mass is 358 g/mol. The van der Waals surface area contributed by atoms with Crippen LogP contribution in [-0.2, 0) is 0 Å². The number of H-pyrrole nitrogens is 1. The molecular weight excluding hydrogens is 346 g/mol. The zero-order chi connectivity index (χ0) is 17.4. The molecule has 6 nitrogen and oxygen atoms in total. The molecule has 0 saturated heterocycles. The molecule has 0 unspecified atom stereocenters. The Bertz CT molecular complexity index is 1060. The summed E-state index contributed by atoms with van der Waals surface area (Å²) in [4.78, 5) is 8.76. The second-order valence-electron chi connectivity index (χ2n) is 5.34. The third-order valence-electron chi connectivity index (χ3n) is 3.43. The summed E-state index contributed by atoms with van der Waals surface area (Å²) < 4.78 is 27.8. The van der Waals surface area contributed by atoms with E-state index in [1.54, 1.807) is 0 Å². The van der Waals surface area contributed by atoms with Crippen molar-refractivity contribution in [2.24, 2.45) is 0 Å². The molecule has 0 aliphatic heterocycles. The van der Waals surface area contributed by atoms with Gasteiger partial charge in [0.1, 0.15) is 11.6 Å². The van der Waals surface area contributed by atoms with Crippen LogP contribution in [0.3, 0.4) is 0 Å². The van der Waals surface area contributed by atoms with E-state index in [0.29, 0.717) is 17.2 Å². The van der Waals surface area contributed by atoms with Gasteiger partial charge in [-0.1, -0.05) is 0 Å². The number of halogens is 2. The summed E-state index contributed by atoms with van der Waals surface area (Å²) in [5.74, 6) is 0.00691. The maximum atomic E-state index is 13.9. The van der Waals surface area contributed by atoms with Crippen LogP contribution < -0.4 is 10.6 Å². The van der Waals surface area contributed by atoms with E-state index in [-0.39, 0.29) is 11.6 Å². The first-order valence-corrected chi connectivity index (χ1v) is 8.23. The topological polar surface area (TPSA) is 78.5 Å². The average molecular weight is 358 g/mol. The van der Waals surface area contributed by atoms with Gasteiger partial charge in [-0.2, -0.15) is 10.1 Å². The highest BCUT2D eigenvalue weighted by Crippen LogP contribution is 2.30. The number of thiophene rings is 1. The van der Waals surface area contributed by atoms with Gasteiger partial charge in [0.2, 0.25) is 5.95 Å². The number of aromatic amines is 1. The first kappa shape index (κ1) is 15.5. The molecule has 0 radical (unpaired) electrons. The Morgan fingerprint density at radius 3 is 2.72 bits per heavy atom. The minimum absolute atomic E-state index is 0.0949. The first-order valence-electron chi connectivity index (χ1n) is 7.35. The fourth-order valence-electron chi connectivity index (χ4n) is 2.32. The van der Waals surface area contributed by atoms with Crippen LogP contribution in [0.4, 0.5) is 32.1 Å². The highest BCUT2D eigenvalue weighted by Gasteiger charge is 2.12. The molecule has 1 aromatic carbocycles. The van der Waals surface area contributed by atoms with Gasteiger partial charge in [0.25, 0.3) is 0 Å². The summed E-state index contributed by atoms with van der Waals surface area (Å²) in [6.45, 7) is 1.89. The molecule has 0 bridgehead atoms. The van der Waals surface area contributed by atoms with E-state index in [2.05, 4.69) is 30.8 Å². The maximum Gasteiger partial charge on any atom is 0.229 e. The molecule has 0 fully saturated rings. The average Bonchev–Trinajstić information content (AvgIpc) is 3.19. The summed E-state index contributed by atoms with van der Waals surface area (Å²) >= 11 is 1.48. The Morgan fingerprint density at radius 1 is 1.08 bits per heavy atom. The molecule has 0 atom stereocenters. The third kappa shape index (κ3) is 3.13. The number of anilines is 4. The third-order valence-corrected chi connectivity index (χ3v) is 4.34. The van der Waals surface area contributed by atoms with Gasteiger partial charge >= 0.3 is 0 Å². The summed E-state index contributed by atoms with van der Waals surface area (Å²) in [5.41, 5.74) is 1.71. The molecule has 3 N–H and O–H groups in total. The SMILES string of the molecule is Cc1cc(Nc2nc(Nc3ccc(F)cc3F)nc3ccsc23)n[nH]1. The summed E-state index contributed by atoms with van der Waals surface area (Å²) in [6.07, 6.45) is 0. The molecule has 3 heterocycles. The van der Waals surface area contributed by atoms with Crippen molar-refractivity contribution in [1.82, 2.24) is 20.2 Å². The van der Waals surface area contributed by atoms with Crippen LogP contribution in [0.15, 0.2) is 35.7 Å². The molecule has 0 spiro atoms. The number of nitrogens with zero attached hydrogens (tertiary/aromatic N) is 3. The van der Waals surface area contributed by atoms with Gasteiger partial charge in [-0.3, -0.25) is 5.10 Å². The lowest BCUT2D eigenvalue weighted by molar-refractivity contribution is 0.586. The van der Waals surface area contributed by atoms with Gasteiger partial charge in [0.05, 0.1) is 15.9 Å². The number of hydrogen-bond acceptors (Lipinski definition) is 6. The summed E-state index contributed by atoms with van der Waals surface area (Å²) in [7, 11) is 0. The number of fused-ring (bicyclic) bond motifs is 1. The van der Waals surface area contributed by atoms with Crippen LogP contribution in [0.2, 0.25) is 0 Å². The van der Waals surface area contributed by atoms with Crippen molar-refractivity contribution in [3.8, 4) is 0 Å². The largest absolute Gasteiger partial charge is 0.322 e. The van der Waals surface area contributed by atoms with E-state index in [1.165, 1.54) is 23.5 Å². The van der Waals surface area contributed by atoms with Crippen molar-refractivity contribution in [2.45, 2.75) is 6.92 Å². The van der Waals surface area contributed by atoms with E-state index in [4.69, 9.17) is 0 Å². The maximum absolute atomic E-state index is 13.9. The number of aromatic nitrogens is 4. The zero-order valence-corrected chi connectivity index (χ0v) is 13.8. The van der Waals surface area contributed by atoms with Crippen molar-refractivity contribution in [1.29, 1.82) is 0 Å². The van der Waals surface area contributed by atoms with Crippen LogP contribution in [0.5, 0.6) is 0 Å². The van der Waals surface area contributed by atoms with Gasteiger partial charge in [-0.05, 0) is 30.5 Å². The summed E-state index contributed by atoms with van der Waals surface area (Å²) in [6, 6.07) is 6.95. The van der Waals surface area contributed by atoms with Crippen molar-refractivity contribution < 1.29 is 8.78 Å². The lowest BCUT2D eigenvalue weighted by Crippen LogP contribution is -2.02. The molecule has 0 aliphatic carbocycles. The van der Waals surface area contributed by atoms with E-state index < -0.39 is 11.6 Å². The molecule has 0 aliphatic rings. The predicted molar refractivity (Wildman–Crippen MR) is 93.7 cm³/mol. The molecule has 25 heavy (non-hydrogen) atoms. The predicted octanol–water partition coefficient (Wildman–Crippen LogP) is 4.49. The number of nitrogens with one attached hydrogen (secondary N) is 3. The van der Waals surface area contributed by atoms with Crippen molar-refractivity contribution >= 4 is 44.8 Å². The van der Waals surface area contributed by atoms with Crippen molar-refractivity contribution in [3.63, 3.8) is 0 Å². The van der Waals surface area contributed by atoms with Crippen molar-refractivity contribution in [3.05, 3.63) is 53.0 Å². The number of aryl methyl sites for hydroxylation is 1. The van der Waals surface area contributed by atoms with E-state index in [1.807, 2.05) is 24.4 Å². The molecular formula is C16H12F2N6S. The quantitative estimate of drug-likeness (QED) is 0.501. The summed E-state index contributed by atoms with van der Waals surface area (Å²) in [5, 5.41) is 14.8. The molecule has 0 amide bonds. The Labute approximate surface area is 144 Å². The van der Waals surface area contributed by atoms with Gasteiger partial charge in [-0.25, -0.2) is 13.8 Å². The van der Waals surface area contributed by atoms with Gasteiger partial charge in [0.15, 0.2) is 11.6 Å². The molecule has 4 aromatic rings. The van der Waals surface area contributed by atoms with E-state index >= 15 is 0 Å². The van der Waals surface area contributed by atoms with Crippen LogP contribution >= 0.6 is 11.3 Å². The lowest BCUT2D eigenvalue weighted by Gasteiger charge is -2.09. The smallest absolute Gasteiger partial charge is 0.229 e. The highest BCUT2D eigenvalue weighted by molar-refractivity contribution is 7.17. The molecule has 9 heteroatoms. The van der Waals surface area contributed by atoms with Gasteiger partial charge in [0, 0.05) is 17.8 Å². The highest BCUT2D eigenvalue weighted by atomic mass is 32.1. The fourth-order valence-corrected chi connectivity index (χ4v) is 3.09. The van der Waals surface area contributed by atoms with Gasteiger partial charge in [-0.15, -0.1) is 11.3 Å². The van der Waals surface area contributed by atoms with Crippen LogP contribution in [0.1, 0.15) is 5.69 Å². The molecule has 3 aromatic heterocycles. The minimum atomic E-state index is -0.716. The van der Waals surface area contributed by atoms with E-state index in [9.17, 15) is 8.78 Å². The zero-order valence-electron chi connectivity index (χ0n) is 13.0. The Hall–Kier alpha value is -3.07. The Morgan fingerprint density at radius 2 is 1.96 bits per heavy atom. The fraction of sp³-hybridized carbons (Fsp3) is 0.0625. The first-order chi connectivity index (χ1) is 12.1. The molecule has 4 rings (SSSR count).